The summed E-state index contributed by atoms with van der Waals surface area (Å²) in [4.78, 5) is 1.56. The molecular weight excluding hydrogens is 278 g/mol. The van der Waals surface area contributed by atoms with E-state index in [2.05, 4.69) is 92.9 Å². The summed E-state index contributed by atoms with van der Waals surface area (Å²) in [5.41, 5.74) is 4.02. The second kappa shape index (κ2) is 7.43. The van der Waals surface area contributed by atoms with Gasteiger partial charge < -0.3 is 0 Å². The van der Waals surface area contributed by atoms with Crippen molar-refractivity contribution in [2.75, 3.05) is 0 Å². The van der Waals surface area contributed by atoms with Crippen LogP contribution < -0.4 is 4.90 Å². The first-order valence-electron chi connectivity index (χ1n) is 8.70. The molecule has 0 fully saturated rings. The molecule has 0 saturated heterocycles. The molecule has 0 aliphatic carbocycles. The van der Waals surface area contributed by atoms with Crippen molar-refractivity contribution in [3.63, 3.8) is 0 Å². The monoisotopic (exact) mass is 304 g/mol. The van der Waals surface area contributed by atoms with Gasteiger partial charge >= 0.3 is 0 Å². The Labute approximate surface area is 140 Å². The van der Waals surface area contributed by atoms with E-state index in [1.54, 1.807) is 4.90 Å². The van der Waals surface area contributed by atoms with Crippen molar-refractivity contribution in [1.29, 1.82) is 0 Å². The molecule has 1 heterocycles. The summed E-state index contributed by atoms with van der Waals surface area (Å²) in [6.45, 7) is 4.60. The van der Waals surface area contributed by atoms with Gasteiger partial charge in [-0.05, 0) is 36.1 Å². The van der Waals surface area contributed by atoms with Crippen molar-refractivity contribution in [2.45, 2.75) is 38.8 Å². The molecular formula is C22H26N+. The molecule has 0 saturated carbocycles. The van der Waals surface area contributed by atoms with E-state index < -0.39 is 0 Å². The van der Waals surface area contributed by atoms with Crippen LogP contribution in [0.2, 0.25) is 0 Å². The molecule has 0 radical (unpaired) electrons. The zero-order valence-corrected chi connectivity index (χ0v) is 14.1. The van der Waals surface area contributed by atoms with Crippen molar-refractivity contribution >= 4 is 5.57 Å². The minimum atomic E-state index is 0.390. The molecule has 0 bridgehead atoms. The summed E-state index contributed by atoms with van der Waals surface area (Å²) in [6.07, 6.45) is 9.51. The molecule has 1 N–H and O–H groups in total. The van der Waals surface area contributed by atoms with Gasteiger partial charge in [-0.1, -0.05) is 74.5 Å². The summed E-state index contributed by atoms with van der Waals surface area (Å²) in [6, 6.07) is 22.6. The number of allylic oxidation sites excluding steroid dienone is 2. The van der Waals surface area contributed by atoms with E-state index in [-0.39, 0.29) is 0 Å². The van der Waals surface area contributed by atoms with E-state index in [1.165, 1.54) is 29.5 Å². The predicted molar refractivity (Wildman–Crippen MR) is 98.1 cm³/mol. The molecule has 2 unspecified atom stereocenters. The smallest absolute Gasteiger partial charge is 0.137 e. The SMILES string of the molecule is CCC(CC)[NH+]1C=CC(c2ccccc2)=CC1c1ccccc1. The molecule has 0 aromatic heterocycles. The lowest BCUT2D eigenvalue weighted by atomic mass is 9.93. The molecule has 3 rings (SSSR count). The fourth-order valence-corrected chi connectivity index (χ4v) is 3.54. The zero-order valence-electron chi connectivity index (χ0n) is 14.1. The third-order valence-electron chi connectivity index (χ3n) is 4.88. The molecule has 1 aliphatic heterocycles. The van der Waals surface area contributed by atoms with Crippen LogP contribution >= 0.6 is 0 Å². The average Bonchev–Trinajstić information content (AvgIpc) is 2.64. The maximum atomic E-state index is 2.44. The lowest BCUT2D eigenvalue weighted by molar-refractivity contribution is -0.900. The molecule has 0 amide bonds. The first-order valence-corrected chi connectivity index (χ1v) is 8.70. The highest BCUT2D eigenvalue weighted by atomic mass is 15.2. The van der Waals surface area contributed by atoms with Crippen LogP contribution in [0.1, 0.15) is 43.9 Å². The first-order chi connectivity index (χ1) is 11.3. The number of nitrogens with one attached hydrogen (secondary N) is 1. The van der Waals surface area contributed by atoms with Gasteiger partial charge in [0.2, 0.25) is 0 Å². The Hall–Kier alpha value is -2.12. The largest absolute Gasteiger partial charge is 0.297 e. The van der Waals surface area contributed by atoms with Crippen LogP contribution in [0.3, 0.4) is 0 Å². The zero-order chi connectivity index (χ0) is 16.1. The van der Waals surface area contributed by atoms with Crippen molar-refractivity contribution in [3.8, 4) is 0 Å². The van der Waals surface area contributed by atoms with E-state index in [0.29, 0.717) is 12.1 Å². The quantitative estimate of drug-likeness (QED) is 0.834. The van der Waals surface area contributed by atoms with Gasteiger partial charge in [-0.25, -0.2) is 0 Å². The van der Waals surface area contributed by atoms with Gasteiger partial charge in [0.25, 0.3) is 0 Å². The third kappa shape index (κ3) is 3.46. The molecule has 118 valence electrons. The third-order valence-corrected chi connectivity index (χ3v) is 4.88. The number of quaternary nitrogens is 1. The van der Waals surface area contributed by atoms with Gasteiger partial charge in [-0.15, -0.1) is 0 Å². The number of hydrogen-bond donors (Lipinski definition) is 1. The number of benzene rings is 2. The summed E-state index contributed by atoms with van der Waals surface area (Å²) >= 11 is 0. The van der Waals surface area contributed by atoms with Gasteiger partial charge in [0.05, 0.1) is 12.2 Å². The standard InChI is InChI=1S/C22H25N/c1-3-21(4-2)23-16-15-20(18-11-7-5-8-12-18)17-22(23)19-13-9-6-10-14-19/h5-17,21-22H,3-4H2,1-2H3/p+1. The second-order valence-corrected chi connectivity index (χ2v) is 6.22. The minimum Gasteiger partial charge on any atom is -0.297 e. The van der Waals surface area contributed by atoms with E-state index in [1.807, 2.05) is 0 Å². The Morgan fingerprint density at radius 1 is 0.870 bits per heavy atom. The lowest BCUT2D eigenvalue weighted by Crippen LogP contribution is -3.12. The maximum Gasteiger partial charge on any atom is 0.137 e. The molecule has 23 heavy (non-hydrogen) atoms. The number of hydrogen-bond acceptors (Lipinski definition) is 0. The van der Waals surface area contributed by atoms with Gasteiger partial charge in [0.15, 0.2) is 0 Å². The fraction of sp³-hybridized carbons (Fsp3) is 0.273. The molecule has 2 aromatic rings. The van der Waals surface area contributed by atoms with Crippen molar-refractivity contribution in [1.82, 2.24) is 0 Å². The average molecular weight is 304 g/mol. The highest BCUT2D eigenvalue weighted by molar-refractivity contribution is 5.74. The van der Waals surface area contributed by atoms with Crippen LogP contribution in [0.15, 0.2) is 79.0 Å². The van der Waals surface area contributed by atoms with E-state index in [9.17, 15) is 0 Å². The first kappa shape index (κ1) is 15.8. The van der Waals surface area contributed by atoms with E-state index in [4.69, 9.17) is 0 Å². The Kier molecular flexibility index (Phi) is 5.09. The number of rotatable bonds is 5. The van der Waals surface area contributed by atoms with Crippen molar-refractivity contribution < 1.29 is 4.90 Å². The Morgan fingerprint density at radius 3 is 2.09 bits per heavy atom. The lowest BCUT2D eigenvalue weighted by Gasteiger charge is -2.33. The van der Waals surface area contributed by atoms with Gasteiger partial charge in [-0.2, -0.15) is 0 Å². The fourth-order valence-electron chi connectivity index (χ4n) is 3.54. The Balaban J connectivity index is 1.99. The van der Waals surface area contributed by atoms with Crippen LogP contribution in [-0.2, 0) is 0 Å². The molecule has 2 atom stereocenters. The van der Waals surface area contributed by atoms with E-state index >= 15 is 0 Å². The van der Waals surface area contributed by atoms with E-state index in [0.717, 1.165) is 0 Å². The molecule has 1 nitrogen and oxygen atoms in total. The summed E-state index contributed by atoms with van der Waals surface area (Å²) in [5.74, 6) is 0. The molecule has 1 aliphatic rings. The molecule has 2 aromatic carbocycles. The van der Waals surface area contributed by atoms with Crippen molar-refractivity contribution in [3.05, 3.63) is 90.1 Å². The Morgan fingerprint density at radius 2 is 1.48 bits per heavy atom. The van der Waals surface area contributed by atoms with Gasteiger partial charge in [-0.3, -0.25) is 4.90 Å². The molecule has 0 spiro atoms. The highest BCUT2D eigenvalue weighted by Crippen LogP contribution is 2.24. The second-order valence-electron chi connectivity index (χ2n) is 6.22. The maximum absolute atomic E-state index is 2.44. The van der Waals surface area contributed by atoms with Gasteiger partial charge in [0, 0.05) is 5.56 Å². The minimum absolute atomic E-state index is 0.390. The van der Waals surface area contributed by atoms with Gasteiger partial charge in [0.1, 0.15) is 6.04 Å². The Bertz CT molecular complexity index is 666. The van der Waals surface area contributed by atoms with Crippen LogP contribution in [-0.4, -0.2) is 6.04 Å². The topological polar surface area (TPSA) is 4.44 Å². The summed E-state index contributed by atoms with van der Waals surface area (Å²) in [7, 11) is 0. The van der Waals surface area contributed by atoms with Crippen LogP contribution in [0.25, 0.3) is 5.57 Å². The molecule has 1 heteroatoms. The summed E-state index contributed by atoms with van der Waals surface area (Å²) in [5, 5.41) is 0. The summed E-state index contributed by atoms with van der Waals surface area (Å²) < 4.78 is 0. The van der Waals surface area contributed by atoms with Crippen LogP contribution in [0, 0.1) is 0 Å². The highest BCUT2D eigenvalue weighted by Gasteiger charge is 2.29. The van der Waals surface area contributed by atoms with Crippen LogP contribution in [0.5, 0.6) is 0 Å². The predicted octanol–water partition coefficient (Wildman–Crippen LogP) is 4.41. The van der Waals surface area contributed by atoms with Crippen molar-refractivity contribution in [2.24, 2.45) is 0 Å². The van der Waals surface area contributed by atoms with Crippen LogP contribution in [0.4, 0.5) is 0 Å². The normalized spacial score (nSPS) is 20.6.